The van der Waals surface area contributed by atoms with Crippen LogP contribution in [0.2, 0.25) is 5.02 Å². The minimum Gasteiger partial charge on any atom is -0.503 e. The van der Waals surface area contributed by atoms with Crippen LogP contribution in [0.3, 0.4) is 0 Å². The van der Waals surface area contributed by atoms with Gasteiger partial charge in [-0.15, -0.1) is 0 Å². The van der Waals surface area contributed by atoms with E-state index in [9.17, 15) is 14.7 Å². The molecule has 0 radical (unpaired) electrons. The third kappa shape index (κ3) is 5.35. The SMILES string of the molecule is COc1cc(-c2ccc3ncc(C(=O)C4CC4)c(NC4C5CC6CC4CC(NC(=O)OC(C)(C)C)(C6)C5)c3c2)cc(Cl)c1O. The predicted molar refractivity (Wildman–Crippen MR) is 171 cm³/mol. The van der Waals surface area contributed by atoms with E-state index >= 15 is 0 Å². The highest BCUT2D eigenvalue weighted by atomic mass is 35.5. The molecule has 4 bridgehead atoms. The highest BCUT2D eigenvalue weighted by molar-refractivity contribution is 6.32. The Balaban J connectivity index is 1.25. The fourth-order valence-electron chi connectivity index (χ4n) is 8.28. The number of aromatic nitrogens is 1. The first-order valence-electron chi connectivity index (χ1n) is 15.7. The quantitative estimate of drug-likeness (QED) is 0.233. The molecule has 2 atom stereocenters. The van der Waals surface area contributed by atoms with Gasteiger partial charge in [0.15, 0.2) is 17.3 Å². The van der Waals surface area contributed by atoms with Crippen LogP contribution in [-0.4, -0.2) is 46.3 Å². The number of phenols is 1. The molecular formula is C35H40ClN3O5. The molecule has 232 valence electrons. The average Bonchev–Trinajstić information content (AvgIpc) is 3.80. The molecule has 1 heterocycles. The molecule has 1 aromatic heterocycles. The molecule has 8 rings (SSSR count). The van der Waals surface area contributed by atoms with Crippen molar-refractivity contribution in [3.63, 3.8) is 0 Å². The molecule has 0 spiro atoms. The lowest BCUT2D eigenvalue weighted by Gasteiger charge is -2.60. The monoisotopic (exact) mass is 617 g/mol. The summed E-state index contributed by atoms with van der Waals surface area (Å²) in [5.41, 5.74) is 3.18. The molecule has 0 aliphatic heterocycles. The van der Waals surface area contributed by atoms with E-state index in [1.807, 2.05) is 32.9 Å². The molecule has 5 fully saturated rings. The molecule has 0 saturated heterocycles. The largest absolute Gasteiger partial charge is 0.503 e. The number of benzene rings is 2. The molecule has 3 N–H and O–H groups in total. The lowest BCUT2D eigenvalue weighted by Crippen LogP contribution is -2.65. The van der Waals surface area contributed by atoms with Crippen LogP contribution in [0.1, 0.15) is 76.1 Å². The number of Topliss-reactive ketones (excluding diaryl/α,β-unsaturated/α-hetero) is 1. The van der Waals surface area contributed by atoms with Crippen molar-refractivity contribution in [3.8, 4) is 22.6 Å². The van der Waals surface area contributed by atoms with Crippen molar-refractivity contribution >= 4 is 40.1 Å². The van der Waals surface area contributed by atoms with Crippen molar-refractivity contribution in [2.75, 3.05) is 12.4 Å². The van der Waals surface area contributed by atoms with E-state index in [1.54, 1.807) is 18.3 Å². The molecule has 2 unspecified atom stereocenters. The Bertz CT molecular complexity index is 1650. The molecular weight excluding hydrogens is 578 g/mol. The summed E-state index contributed by atoms with van der Waals surface area (Å²) in [5, 5.41) is 18.6. The number of nitrogens with zero attached hydrogens (tertiary/aromatic N) is 1. The summed E-state index contributed by atoms with van der Waals surface area (Å²) in [6.07, 6.45) is 8.24. The van der Waals surface area contributed by atoms with E-state index in [0.717, 1.165) is 72.7 Å². The first-order valence-corrected chi connectivity index (χ1v) is 16.1. The van der Waals surface area contributed by atoms with Gasteiger partial charge in [-0.05, 0) is 119 Å². The fraction of sp³-hybridized carbons (Fsp3) is 0.514. The van der Waals surface area contributed by atoms with Gasteiger partial charge in [-0.1, -0.05) is 17.7 Å². The van der Waals surface area contributed by atoms with Gasteiger partial charge in [0.05, 0.1) is 28.9 Å². The third-order valence-corrected chi connectivity index (χ3v) is 10.3. The Hall–Kier alpha value is -3.52. The first kappa shape index (κ1) is 29.2. The molecule has 2 aromatic carbocycles. The van der Waals surface area contributed by atoms with E-state index in [1.165, 1.54) is 7.11 Å². The second kappa shape index (κ2) is 10.5. The van der Waals surface area contributed by atoms with Crippen molar-refractivity contribution in [2.24, 2.45) is 23.7 Å². The van der Waals surface area contributed by atoms with E-state index in [0.29, 0.717) is 29.1 Å². The van der Waals surface area contributed by atoms with Crippen LogP contribution in [0.5, 0.6) is 11.5 Å². The summed E-state index contributed by atoms with van der Waals surface area (Å²) in [5.74, 6) is 1.71. The first-order chi connectivity index (χ1) is 20.9. The maximum atomic E-state index is 13.6. The number of pyridine rings is 1. The molecule has 1 amide bonds. The van der Waals surface area contributed by atoms with Crippen LogP contribution in [0.15, 0.2) is 36.5 Å². The zero-order valence-corrected chi connectivity index (χ0v) is 26.5. The van der Waals surface area contributed by atoms with E-state index in [-0.39, 0.29) is 40.1 Å². The zero-order valence-electron chi connectivity index (χ0n) is 25.7. The maximum Gasteiger partial charge on any atom is 0.408 e. The van der Waals surface area contributed by atoms with Gasteiger partial charge in [-0.2, -0.15) is 0 Å². The van der Waals surface area contributed by atoms with Crippen LogP contribution in [0.25, 0.3) is 22.0 Å². The maximum absolute atomic E-state index is 13.6. The number of carbonyl (C=O) groups is 2. The number of hydrogen-bond acceptors (Lipinski definition) is 7. The highest BCUT2D eigenvalue weighted by Crippen LogP contribution is 2.57. The zero-order chi connectivity index (χ0) is 31.0. The van der Waals surface area contributed by atoms with Gasteiger partial charge >= 0.3 is 6.09 Å². The van der Waals surface area contributed by atoms with Crippen molar-refractivity contribution in [1.82, 2.24) is 10.3 Å². The summed E-state index contributed by atoms with van der Waals surface area (Å²) in [6, 6.07) is 9.65. The van der Waals surface area contributed by atoms with E-state index in [4.69, 9.17) is 26.1 Å². The van der Waals surface area contributed by atoms with E-state index < -0.39 is 5.60 Å². The second-order valence-corrected chi connectivity index (χ2v) is 14.9. The van der Waals surface area contributed by atoms with Crippen LogP contribution in [0.4, 0.5) is 10.5 Å². The van der Waals surface area contributed by atoms with Crippen molar-refractivity contribution in [1.29, 1.82) is 0 Å². The number of phenolic OH excluding ortho intramolecular Hbond substituents is 1. The van der Waals surface area contributed by atoms with Gasteiger partial charge < -0.3 is 25.2 Å². The standard InChI is InChI=1S/C35H40ClN3O5/c1-34(2,3)44-33(42)39-35-14-18-9-22(15-35)29(23(10-18)16-35)38-30-24-11-20(21-12-26(36)32(41)28(13-21)43-4)7-8-27(24)37-17-25(30)31(40)19-5-6-19/h7-8,11-13,17-19,22-23,29,41H,5-6,9-10,14-16H2,1-4H3,(H,37,38)(H,39,42). The molecule has 5 saturated carbocycles. The number of ether oxygens (including phenoxy) is 2. The predicted octanol–water partition coefficient (Wildman–Crippen LogP) is 7.75. The van der Waals surface area contributed by atoms with Gasteiger partial charge in [0, 0.05) is 29.1 Å². The average molecular weight is 618 g/mol. The van der Waals surface area contributed by atoms with Gasteiger partial charge in [0.25, 0.3) is 0 Å². The smallest absolute Gasteiger partial charge is 0.408 e. The molecule has 8 nitrogen and oxygen atoms in total. The van der Waals surface area contributed by atoms with Crippen LogP contribution in [-0.2, 0) is 4.74 Å². The number of amides is 1. The normalized spacial score (nSPS) is 27.3. The minimum absolute atomic E-state index is 0.0537. The Morgan fingerprint density at radius 3 is 2.43 bits per heavy atom. The topological polar surface area (TPSA) is 110 Å². The van der Waals surface area contributed by atoms with Gasteiger partial charge in [0.1, 0.15) is 5.60 Å². The van der Waals surface area contributed by atoms with Crippen LogP contribution in [0, 0.1) is 23.7 Å². The molecule has 3 aromatic rings. The number of rotatable bonds is 7. The number of aromatic hydroxyl groups is 1. The summed E-state index contributed by atoms with van der Waals surface area (Å²) >= 11 is 6.35. The Kier molecular flexibility index (Phi) is 6.99. The van der Waals surface area contributed by atoms with Gasteiger partial charge in [0.2, 0.25) is 0 Å². The van der Waals surface area contributed by atoms with Gasteiger partial charge in [-0.3, -0.25) is 9.78 Å². The minimum atomic E-state index is -0.543. The third-order valence-electron chi connectivity index (χ3n) is 10.0. The number of alkyl carbamates (subject to hydrolysis) is 1. The second-order valence-electron chi connectivity index (χ2n) is 14.5. The Morgan fingerprint density at radius 1 is 1.05 bits per heavy atom. The Morgan fingerprint density at radius 2 is 1.77 bits per heavy atom. The van der Waals surface area contributed by atoms with Crippen molar-refractivity contribution in [2.45, 2.75) is 82.9 Å². The highest BCUT2D eigenvalue weighted by Gasteiger charge is 2.56. The number of ketones is 1. The van der Waals surface area contributed by atoms with Crippen molar-refractivity contribution in [3.05, 3.63) is 47.1 Å². The number of methoxy groups -OCH3 is 1. The number of anilines is 1. The summed E-state index contributed by atoms with van der Waals surface area (Å²) in [6.45, 7) is 5.68. The number of hydrogen-bond donors (Lipinski definition) is 3. The summed E-state index contributed by atoms with van der Waals surface area (Å²) in [7, 11) is 1.50. The lowest BCUT2D eigenvalue weighted by molar-refractivity contribution is -0.0348. The van der Waals surface area contributed by atoms with Crippen LogP contribution < -0.4 is 15.4 Å². The summed E-state index contributed by atoms with van der Waals surface area (Å²) < 4.78 is 11.0. The molecule has 5 aliphatic carbocycles. The molecule has 44 heavy (non-hydrogen) atoms. The fourth-order valence-corrected chi connectivity index (χ4v) is 8.49. The number of nitrogens with one attached hydrogen (secondary N) is 2. The van der Waals surface area contributed by atoms with E-state index in [2.05, 4.69) is 16.7 Å². The number of halogens is 1. The van der Waals surface area contributed by atoms with Gasteiger partial charge in [-0.25, -0.2) is 4.79 Å². The number of carbonyl (C=O) groups excluding carboxylic acids is 2. The lowest BCUT2D eigenvalue weighted by atomic mass is 9.51. The molecule has 9 heteroatoms. The number of fused-ring (bicyclic) bond motifs is 1. The Labute approximate surface area is 262 Å². The molecule has 5 aliphatic rings. The van der Waals surface area contributed by atoms with Crippen molar-refractivity contribution < 1.29 is 24.2 Å². The summed E-state index contributed by atoms with van der Waals surface area (Å²) in [4.78, 5) is 31.2. The van der Waals surface area contributed by atoms with Crippen LogP contribution >= 0.6 is 11.6 Å².